The van der Waals surface area contributed by atoms with Crippen LogP contribution in [0.15, 0.2) is 36.5 Å². The molecule has 68 valence electrons. The van der Waals surface area contributed by atoms with E-state index in [-0.39, 0.29) is 18.2 Å². The number of benzene rings is 1. The van der Waals surface area contributed by atoms with Gasteiger partial charge in [-0.15, -0.1) is 12.4 Å². The summed E-state index contributed by atoms with van der Waals surface area (Å²) in [5, 5.41) is 12.8. The minimum Gasteiger partial charge on any atom is -0.711 e. The molecule has 0 saturated carbocycles. The molecule has 4 heteroatoms. The minimum atomic E-state index is 0. The van der Waals surface area contributed by atoms with E-state index in [0.29, 0.717) is 4.73 Å². The second-order valence-corrected chi connectivity index (χ2v) is 2.61. The number of anilines is 1. The van der Waals surface area contributed by atoms with E-state index < -0.39 is 0 Å². The summed E-state index contributed by atoms with van der Waals surface area (Å²) in [6, 6.07) is 9.28. The number of pyridine rings is 1. The van der Waals surface area contributed by atoms with Crippen molar-refractivity contribution in [2.45, 2.75) is 0 Å². The van der Waals surface area contributed by atoms with Gasteiger partial charge in [-0.25, -0.2) is 4.73 Å². The standard InChI is InChI=1S/C9H8N2O.ClH/c10-9-8-4-2-1-3-7(8)5-6-11(9)12;/h1-6H,10H2;1H. The Kier molecular flexibility index (Phi) is 2.58. The third kappa shape index (κ3) is 1.51. The monoisotopic (exact) mass is 196 g/mol. The van der Waals surface area contributed by atoms with Gasteiger partial charge in [0.15, 0.2) is 0 Å². The Balaban J connectivity index is 0.000000845. The highest BCUT2D eigenvalue weighted by Crippen LogP contribution is 2.15. The Morgan fingerprint density at radius 3 is 2.62 bits per heavy atom. The lowest BCUT2D eigenvalue weighted by Crippen LogP contribution is -2.29. The van der Waals surface area contributed by atoms with Crippen molar-refractivity contribution in [2.24, 2.45) is 0 Å². The molecular weight excluding hydrogens is 188 g/mol. The lowest BCUT2D eigenvalue weighted by atomic mass is 10.2. The molecule has 0 unspecified atom stereocenters. The van der Waals surface area contributed by atoms with Crippen molar-refractivity contribution in [3.05, 3.63) is 41.7 Å². The number of hydrogen-bond donors (Lipinski definition) is 1. The van der Waals surface area contributed by atoms with Gasteiger partial charge in [-0.05, 0) is 17.5 Å². The van der Waals surface area contributed by atoms with E-state index in [4.69, 9.17) is 5.73 Å². The van der Waals surface area contributed by atoms with Crippen LogP contribution in [0.5, 0.6) is 0 Å². The predicted molar refractivity (Wildman–Crippen MR) is 54.6 cm³/mol. The average Bonchev–Trinajstić information content (AvgIpc) is 2.12. The van der Waals surface area contributed by atoms with Gasteiger partial charge in [-0.2, -0.15) is 0 Å². The third-order valence-corrected chi connectivity index (χ3v) is 1.86. The molecule has 0 radical (unpaired) electrons. The molecule has 0 aliphatic heterocycles. The van der Waals surface area contributed by atoms with Crippen LogP contribution in [0.1, 0.15) is 0 Å². The highest BCUT2D eigenvalue weighted by atomic mass is 35.5. The van der Waals surface area contributed by atoms with E-state index in [1.165, 1.54) is 6.20 Å². The molecule has 2 aromatic rings. The maximum absolute atomic E-state index is 11.0. The molecule has 0 fully saturated rings. The van der Waals surface area contributed by atoms with Crippen LogP contribution >= 0.6 is 12.4 Å². The van der Waals surface area contributed by atoms with Gasteiger partial charge < -0.3 is 5.21 Å². The van der Waals surface area contributed by atoms with E-state index in [2.05, 4.69) is 0 Å². The van der Waals surface area contributed by atoms with Crippen molar-refractivity contribution < 1.29 is 4.73 Å². The van der Waals surface area contributed by atoms with Crippen LogP contribution in [0.2, 0.25) is 0 Å². The minimum absolute atomic E-state index is 0. The quantitative estimate of drug-likeness (QED) is 0.513. The third-order valence-electron chi connectivity index (χ3n) is 1.86. The molecular formula is C9H9ClN2O. The molecule has 0 atom stereocenters. The van der Waals surface area contributed by atoms with Crippen LogP contribution in [0.25, 0.3) is 10.8 Å². The van der Waals surface area contributed by atoms with Crippen LogP contribution in [0.3, 0.4) is 0 Å². The van der Waals surface area contributed by atoms with E-state index in [9.17, 15) is 5.21 Å². The summed E-state index contributed by atoms with van der Waals surface area (Å²) < 4.78 is 0.669. The first-order valence-corrected chi connectivity index (χ1v) is 3.65. The number of halogens is 1. The van der Waals surface area contributed by atoms with Gasteiger partial charge in [-0.1, -0.05) is 18.2 Å². The summed E-state index contributed by atoms with van der Waals surface area (Å²) in [4.78, 5) is 0. The maximum atomic E-state index is 11.0. The lowest BCUT2D eigenvalue weighted by molar-refractivity contribution is -0.588. The molecule has 0 aliphatic carbocycles. The molecule has 1 heterocycles. The second kappa shape index (κ2) is 3.49. The Labute approximate surface area is 81.8 Å². The van der Waals surface area contributed by atoms with Gasteiger partial charge in [0.25, 0.3) is 5.82 Å². The Morgan fingerprint density at radius 1 is 1.15 bits per heavy atom. The number of rotatable bonds is 0. The summed E-state index contributed by atoms with van der Waals surface area (Å²) in [6.07, 6.45) is 1.41. The smallest absolute Gasteiger partial charge is 0.283 e. The Bertz CT molecular complexity index is 431. The predicted octanol–water partition coefficient (Wildman–Crippen LogP) is 1.48. The van der Waals surface area contributed by atoms with Crippen LogP contribution < -0.4 is 10.5 Å². The molecule has 0 amide bonds. The summed E-state index contributed by atoms with van der Waals surface area (Å²) in [5.74, 6) is 0.258. The zero-order chi connectivity index (χ0) is 8.55. The second-order valence-electron chi connectivity index (χ2n) is 2.61. The first-order chi connectivity index (χ1) is 5.79. The number of aromatic nitrogens is 1. The summed E-state index contributed by atoms with van der Waals surface area (Å²) >= 11 is 0. The van der Waals surface area contributed by atoms with Crippen molar-refractivity contribution in [3.8, 4) is 0 Å². The molecule has 0 aliphatic rings. The number of hydrogen-bond acceptors (Lipinski definition) is 2. The van der Waals surface area contributed by atoms with Gasteiger partial charge in [0.1, 0.15) is 0 Å². The normalized spacial score (nSPS) is 9.54. The van der Waals surface area contributed by atoms with Crippen LogP contribution in [0, 0.1) is 5.21 Å². The zero-order valence-corrected chi connectivity index (χ0v) is 7.62. The fourth-order valence-corrected chi connectivity index (χ4v) is 1.22. The summed E-state index contributed by atoms with van der Waals surface area (Å²) in [7, 11) is 0. The summed E-state index contributed by atoms with van der Waals surface area (Å²) in [5.41, 5.74) is 5.57. The Hall–Kier alpha value is -1.48. The molecule has 3 nitrogen and oxygen atoms in total. The van der Waals surface area contributed by atoms with Crippen molar-refractivity contribution >= 4 is 29.0 Å². The van der Waals surface area contributed by atoms with Crippen LogP contribution in [-0.2, 0) is 0 Å². The topological polar surface area (TPSA) is 53.0 Å². The van der Waals surface area contributed by atoms with Gasteiger partial charge in [0, 0.05) is 0 Å². The van der Waals surface area contributed by atoms with Crippen molar-refractivity contribution in [1.82, 2.24) is 0 Å². The molecule has 13 heavy (non-hydrogen) atoms. The highest BCUT2D eigenvalue weighted by molar-refractivity contribution is 5.89. The molecule has 1 aromatic heterocycles. The first-order valence-electron chi connectivity index (χ1n) is 3.65. The molecule has 2 N–H and O–H groups in total. The summed E-state index contributed by atoms with van der Waals surface area (Å²) in [6.45, 7) is 0. The largest absolute Gasteiger partial charge is 0.711 e. The van der Waals surface area contributed by atoms with Crippen LogP contribution in [-0.4, -0.2) is 0 Å². The van der Waals surface area contributed by atoms with E-state index in [0.717, 1.165) is 10.8 Å². The molecule has 2 rings (SSSR count). The first kappa shape index (κ1) is 9.61. The van der Waals surface area contributed by atoms with Gasteiger partial charge >= 0.3 is 0 Å². The van der Waals surface area contributed by atoms with Crippen molar-refractivity contribution in [1.29, 1.82) is 0 Å². The lowest BCUT2D eigenvalue weighted by Gasteiger charge is -2.05. The van der Waals surface area contributed by atoms with Crippen molar-refractivity contribution in [2.75, 3.05) is 5.73 Å². The fraction of sp³-hybridized carbons (Fsp3) is 0. The van der Waals surface area contributed by atoms with Gasteiger partial charge in [-0.3, -0.25) is 5.73 Å². The van der Waals surface area contributed by atoms with E-state index >= 15 is 0 Å². The number of nitrogens with zero attached hydrogens (tertiary/aromatic N) is 1. The van der Waals surface area contributed by atoms with Gasteiger partial charge in [0.05, 0.1) is 11.6 Å². The maximum Gasteiger partial charge on any atom is 0.283 e. The van der Waals surface area contributed by atoms with Crippen molar-refractivity contribution in [3.63, 3.8) is 0 Å². The molecule has 1 aromatic carbocycles. The van der Waals surface area contributed by atoms with Gasteiger partial charge in [0.2, 0.25) is 0 Å². The number of nitrogens with two attached hydrogens (primary N) is 1. The SMILES string of the molecule is Cl.Nc1c2ccccc2cc[n+]1[O-]. The van der Waals surface area contributed by atoms with E-state index in [1.807, 2.05) is 24.3 Å². The molecule has 0 bridgehead atoms. The van der Waals surface area contributed by atoms with Crippen LogP contribution in [0.4, 0.5) is 5.82 Å². The molecule has 0 spiro atoms. The fourth-order valence-electron chi connectivity index (χ4n) is 1.22. The number of nitrogen functional groups attached to an aromatic ring is 1. The average molecular weight is 197 g/mol. The number of fused-ring (bicyclic) bond motifs is 1. The highest BCUT2D eigenvalue weighted by Gasteiger charge is 2.02. The molecule has 0 saturated heterocycles. The zero-order valence-electron chi connectivity index (χ0n) is 6.81. The van der Waals surface area contributed by atoms with E-state index in [1.54, 1.807) is 6.07 Å². The Morgan fingerprint density at radius 2 is 1.85 bits per heavy atom.